The van der Waals surface area contributed by atoms with Gasteiger partial charge in [0.1, 0.15) is 5.01 Å². The second-order valence-electron chi connectivity index (χ2n) is 5.96. The van der Waals surface area contributed by atoms with E-state index in [0.717, 1.165) is 11.3 Å². The SMILES string of the molecule is NS(=O)(=O)c1cccc(C(=O)NCC(=O)Cc2nc(-c3ccccc3)cs2)c1. The zero-order valence-electron chi connectivity index (χ0n) is 14.7. The molecule has 0 aliphatic heterocycles. The molecule has 9 heteroatoms. The Morgan fingerprint density at radius 2 is 1.82 bits per heavy atom. The summed E-state index contributed by atoms with van der Waals surface area (Å²) in [6.45, 7) is -0.182. The summed E-state index contributed by atoms with van der Waals surface area (Å²) in [6, 6.07) is 15.0. The monoisotopic (exact) mass is 415 g/mol. The van der Waals surface area contributed by atoms with Gasteiger partial charge in [-0.2, -0.15) is 0 Å². The van der Waals surface area contributed by atoms with Gasteiger partial charge in [-0.3, -0.25) is 9.59 Å². The van der Waals surface area contributed by atoms with Gasteiger partial charge in [0.15, 0.2) is 5.78 Å². The predicted octanol–water partition coefficient (Wildman–Crippen LogP) is 2.00. The molecule has 3 rings (SSSR count). The summed E-state index contributed by atoms with van der Waals surface area (Å²) in [6.07, 6.45) is 0.106. The minimum atomic E-state index is -3.91. The van der Waals surface area contributed by atoms with Crippen LogP contribution in [0.2, 0.25) is 0 Å². The molecule has 0 saturated carbocycles. The van der Waals surface area contributed by atoms with Crippen LogP contribution in [-0.2, 0) is 21.2 Å². The van der Waals surface area contributed by atoms with Crippen LogP contribution < -0.4 is 10.5 Å². The van der Waals surface area contributed by atoms with Crippen molar-refractivity contribution in [2.24, 2.45) is 5.14 Å². The van der Waals surface area contributed by atoms with Crippen LogP contribution in [0, 0.1) is 0 Å². The van der Waals surface area contributed by atoms with Gasteiger partial charge in [-0.1, -0.05) is 36.4 Å². The average molecular weight is 415 g/mol. The number of hydrogen-bond donors (Lipinski definition) is 2. The highest BCUT2D eigenvalue weighted by atomic mass is 32.2. The minimum absolute atomic E-state index is 0.106. The number of nitrogens with two attached hydrogens (primary N) is 1. The standard InChI is InChI=1S/C19H17N3O4S2/c20-28(25,26)16-8-4-7-14(9-16)19(24)21-11-15(23)10-18-22-17(12-27-18)13-5-2-1-3-6-13/h1-9,12H,10-11H2,(H,21,24)(H2,20,25,26). The molecule has 3 N–H and O–H groups in total. The molecular formula is C19H17N3O4S2. The van der Waals surface area contributed by atoms with E-state index in [1.807, 2.05) is 35.7 Å². The van der Waals surface area contributed by atoms with Crippen LogP contribution in [0.25, 0.3) is 11.3 Å². The number of nitrogens with one attached hydrogen (secondary N) is 1. The molecule has 0 spiro atoms. The number of amides is 1. The number of Topliss-reactive ketones (excluding diaryl/α,β-unsaturated/α-hetero) is 1. The Labute approximate surface area is 166 Å². The van der Waals surface area contributed by atoms with Crippen molar-refractivity contribution in [3.8, 4) is 11.3 Å². The van der Waals surface area contributed by atoms with Crippen molar-refractivity contribution < 1.29 is 18.0 Å². The molecule has 0 aliphatic carbocycles. The van der Waals surface area contributed by atoms with Gasteiger partial charge >= 0.3 is 0 Å². The predicted molar refractivity (Wildman–Crippen MR) is 106 cm³/mol. The number of carbonyl (C=O) groups is 2. The molecule has 1 aromatic heterocycles. The molecule has 0 bridgehead atoms. The van der Waals surface area contributed by atoms with Gasteiger partial charge in [0, 0.05) is 16.5 Å². The van der Waals surface area contributed by atoms with Crippen molar-refractivity contribution >= 4 is 33.1 Å². The minimum Gasteiger partial charge on any atom is -0.345 e. The van der Waals surface area contributed by atoms with E-state index in [4.69, 9.17) is 5.14 Å². The first kappa shape index (κ1) is 19.9. The first-order chi connectivity index (χ1) is 13.3. The summed E-state index contributed by atoms with van der Waals surface area (Å²) in [5, 5.41) is 10.1. The number of benzene rings is 2. The summed E-state index contributed by atoms with van der Waals surface area (Å²) < 4.78 is 22.7. The van der Waals surface area contributed by atoms with Gasteiger partial charge in [0.2, 0.25) is 10.0 Å². The third-order valence-corrected chi connectivity index (χ3v) is 5.60. The molecule has 1 amide bonds. The van der Waals surface area contributed by atoms with Crippen molar-refractivity contribution in [1.29, 1.82) is 0 Å². The summed E-state index contributed by atoms with van der Waals surface area (Å²) in [7, 11) is -3.91. The molecule has 2 aromatic carbocycles. The Morgan fingerprint density at radius 3 is 2.54 bits per heavy atom. The summed E-state index contributed by atoms with van der Waals surface area (Å²) in [4.78, 5) is 28.6. The van der Waals surface area contributed by atoms with Crippen LogP contribution in [0.1, 0.15) is 15.4 Å². The van der Waals surface area contributed by atoms with Gasteiger partial charge in [-0.15, -0.1) is 11.3 Å². The number of rotatable bonds is 7. The van der Waals surface area contributed by atoms with Crippen molar-refractivity contribution in [3.05, 3.63) is 70.5 Å². The number of ketones is 1. The topological polar surface area (TPSA) is 119 Å². The van der Waals surface area contributed by atoms with Gasteiger partial charge in [0.25, 0.3) is 5.91 Å². The number of aromatic nitrogens is 1. The number of sulfonamides is 1. The van der Waals surface area contributed by atoms with Crippen molar-refractivity contribution in [3.63, 3.8) is 0 Å². The number of thiazole rings is 1. The number of hydrogen-bond acceptors (Lipinski definition) is 6. The fourth-order valence-electron chi connectivity index (χ4n) is 2.46. The lowest BCUT2D eigenvalue weighted by Crippen LogP contribution is -2.30. The third-order valence-electron chi connectivity index (χ3n) is 3.84. The fourth-order valence-corrected chi connectivity index (χ4v) is 3.85. The molecular weight excluding hydrogens is 398 g/mol. The zero-order chi connectivity index (χ0) is 20.1. The Bertz CT molecular complexity index is 1110. The van der Waals surface area contributed by atoms with Gasteiger partial charge in [0.05, 0.1) is 23.6 Å². The highest BCUT2D eigenvalue weighted by Crippen LogP contribution is 2.21. The Morgan fingerprint density at radius 1 is 1.07 bits per heavy atom. The van der Waals surface area contributed by atoms with E-state index in [-0.39, 0.29) is 29.2 Å². The lowest BCUT2D eigenvalue weighted by molar-refractivity contribution is -0.117. The molecule has 7 nitrogen and oxygen atoms in total. The van der Waals surface area contributed by atoms with Crippen LogP contribution in [0.3, 0.4) is 0 Å². The van der Waals surface area contributed by atoms with E-state index < -0.39 is 15.9 Å². The number of primary sulfonamides is 1. The van der Waals surface area contributed by atoms with Gasteiger partial charge < -0.3 is 5.32 Å². The first-order valence-electron chi connectivity index (χ1n) is 8.25. The maximum Gasteiger partial charge on any atom is 0.251 e. The van der Waals surface area contributed by atoms with E-state index in [2.05, 4.69) is 10.3 Å². The summed E-state index contributed by atoms with van der Waals surface area (Å²) in [5.74, 6) is -0.757. The number of carbonyl (C=O) groups excluding carboxylic acids is 2. The molecule has 3 aromatic rings. The van der Waals surface area contributed by atoms with E-state index in [1.165, 1.54) is 35.6 Å². The molecule has 144 valence electrons. The highest BCUT2D eigenvalue weighted by Gasteiger charge is 2.14. The Kier molecular flexibility index (Phi) is 5.98. The molecule has 0 saturated heterocycles. The van der Waals surface area contributed by atoms with E-state index in [9.17, 15) is 18.0 Å². The first-order valence-corrected chi connectivity index (χ1v) is 10.7. The van der Waals surface area contributed by atoms with Gasteiger partial charge in [-0.25, -0.2) is 18.5 Å². The lowest BCUT2D eigenvalue weighted by Gasteiger charge is -2.05. The maximum absolute atomic E-state index is 12.2. The van der Waals surface area contributed by atoms with Crippen LogP contribution in [0.4, 0.5) is 0 Å². The Balaban J connectivity index is 1.58. The average Bonchev–Trinajstić information content (AvgIpc) is 3.14. The van der Waals surface area contributed by atoms with Crippen LogP contribution in [0.15, 0.2) is 64.9 Å². The molecule has 0 fully saturated rings. The van der Waals surface area contributed by atoms with Crippen molar-refractivity contribution in [2.45, 2.75) is 11.3 Å². The van der Waals surface area contributed by atoms with Gasteiger partial charge in [-0.05, 0) is 18.2 Å². The van der Waals surface area contributed by atoms with E-state index in [1.54, 1.807) is 0 Å². The second kappa shape index (κ2) is 8.42. The molecule has 0 unspecified atom stereocenters. The smallest absolute Gasteiger partial charge is 0.251 e. The zero-order valence-corrected chi connectivity index (χ0v) is 16.3. The molecule has 0 aliphatic rings. The largest absolute Gasteiger partial charge is 0.345 e. The molecule has 28 heavy (non-hydrogen) atoms. The quantitative estimate of drug-likeness (QED) is 0.612. The van der Waals surface area contributed by atoms with Crippen LogP contribution in [-0.4, -0.2) is 31.6 Å². The lowest BCUT2D eigenvalue weighted by atomic mass is 10.2. The van der Waals surface area contributed by atoms with Crippen LogP contribution >= 0.6 is 11.3 Å². The van der Waals surface area contributed by atoms with Crippen molar-refractivity contribution in [2.75, 3.05) is 6.54 Å². The summed E-state index contributed by atoms with van der Waals surface area (Å²) >= 11 is 1.38. The maximum atomic E-state index is 12.2. The molecule has 0 atom stereocenters. The van der Waals surface area contributed by atoms with Crippen LogP contribution in [0.5, 0.6) is 0 Å². The molecule has 0 radical (unpaired) electrons. The summed E-state index contributed by atoms with van der Waals surface area (Å²) in [5.41, 5.74) is 1.89. The van der Waals surface area contributed by atoms with E-state index >= 15 is 0 Å². The molecule has 1 heterocycles. The number of nitrogens with zero attached hydrogens (tertiary/aromatic N) is 1. The third kappa shape index (κ3) is 5.10. The normalized spacial score (nSPS) is 11.2. The van der Waals surface area contributed by atoms with Crippen molar-refractivity contribution in [1.82, 2.24) is 10.3 Å². The second-order valence-corrected chi connectivity index (χ2v) is 8.47. The highest BCUT2D eigenvalue weighted by molar-refractivity contribution is 7.89. The fraction of sp³-hybridized carbons (Fsp3) is 0.105. The Hall–Kier alpha value is -2.88. The van der Waals surface area contributed by atoms with E-state index in [0.29, 0.717) is 5.01 Å².